The quantitative estimate of drug-likeness (QED) is 0.509. The van der Waals surface area contributed by atoms with Gasteiger partial charge in [0, 0.05) is 28.9 Å². The van der Waals surface area contributed by atoms with E-state index in [0.717, 1.165) is 0 Å². The monoisotopic (exact) mass is 255 g/mol. The maximum Gasteiger partial charge on any atom is 0.253 e. The Bertz CT molecular complexity index is 409. The van der Waals surface area contributed by atoms with Crippen molar-refractivity contribution in [2.45, 2.75) is 6.92 Å². The van der Waals surface area contributed by atoms with E-state index in [1.165, 1.54) is 0 Å². The number of nitrogen functional groups attached to an aromatic ring is 1. The zero-order chi connectivity index (χ0) is 12.7. The number of rotatable bonds is 6. The molecule has 1 amide bonds. The second-order valence-corrected chi connectivity index (χ2v) is 5.24. The standard InChI is InChI=1S/C11H17N3O2S/c1-2-17(16)8-7-13-11(15)9-5-3-4-6-10(9)14-12/h3-6,14H,2,7-8,12H2,1H3,(H,13,15). The van der Waals surface area contributed by atoms with Crippen LogP contribution in [0.2, 0.25) is 0 Å². The highest BCUT2D eigenvalue weighted by Gasteiger charge is 2.09. The lowest BCUT2D eigenvalue weighted by Gasteiger charge is -2.08. The van der Waals surface area contributed by atoms with Crippen molar-refractivity contribution in [3.05, 3.63) is 29.8 Å². The molecule has 1 atom stereocenters. The van der Waals surface area contributed by atoms with E-state index >= 15 is 0 Å². The van der Waals surface area contributed by atoms with Gasteiger partial charge in [-0.25, -0.2) is 0 Å². The van der Waals surface area contributed by atoms with Gasteiger partial charge in [0.25, 0.3) is 5.91 Å². The number of anilines is 1. The predicted molar refractivity (Wildman–Crippen MR) is 70.1 cm³/mol. The van der Waals surface area contributed by atoms with Crippen LogP contribution in [0.1, 0.15) is 17.3 Å². The van der Waals surface area contributed by atoms with Gasteiger partial charge in [0.2, 0.25) is 0 Å². The van der Waals surface area contributed by atoms with Gasteiger partial charge < -0.3 is 10.7 Å². The van der Waals surface area contributed by atoms with Crippen LogP contribution >= 0.6 is 0 Å². The largest absolute Gasteiger partial charge is 0.351 e. The van der Waals surface area contributed by atoms with E-state index in [2.05, 4.69) is 10.7 Å². The molecule has 1 aromatic rings. The lowest BCUT2D eigenvalue weighted by atomic mass is 10.1. The third-order valence-corrected chi connectivity index (χ3v) is 3.57. The number of nitrogens with one attached hydrogen (secondary N) is 2. The first-order valence-electron chi connectivity index (χ1n) is 5.37. The van der Waals surface area contributed by atoms with E-state index in [0.29, 0.717) is 29.3 Å². The summed E-state index contributed by atoms with van der Waals surface area (Å²) in [5, 5.41) is 2.71. The van der Waals surface area contributed by atoms with E-state index < -0.39 is 10.8 Å². The normalized spacial score (nSPS) is 11.9. The van der Waals surface area contributed by atoms with E-state index in [1.54, 1.807) is 24.3 Å². The number of hydrogen-bond donors (Lipinski definition) is 3. The first kappa shape index (κ1) is 13.7. The number of para-hydroxylation sites is 1. The fraction of sp³-hybridized carbons (Fsp3) is 0.364. The van der Waals surface area contributed by atoms with Gasteiger partial charge in [-0.05, 0) is 12.1 Å². The average molecular weight is 255 g/mol. The first-order valence-corrected chi connectivity index (χ1v) is 6.86. The minimum atomic E-state index is -0.862. The van der Waals surface area contributed by atoms with Crippen molar-refractivity contribution in [1.29, 1.82) is 0 Å². The van der Waals surface area contributed by atoms with Gasteiger partial charge in [-0.3, -0.25) is 14.8 Å². The molecule has 1 rings (SSSR count). The minimum Gasteiger partial charge on any atom is -0.351 e. The molecule has 0 aliphatic rings. The molecule has 5 nitrogen and oxygen atoms in total. The molecule has 0 aromatic heterocycles. The Morgan fingerprint density at radius 2 is 2.12 bits per heavy atom. The molecule has 0 radical (unpaired) electrons. The fourth-order valence-electron chi connectivity index (χ4n) is 1.32. The van der Waals surface area contributed by atoms with Crippen molar-refractivity contribution in [3.63, 3.8) is 0 Å². The molecule has 0 aliphatic carbocycles. The predicted octanol–water partition coefficient (Wildman–Crippen LogP) is 0.471. The second-order valence-electron chi connectivity index (χ2n) is 3.38. The van der Waals surface area contributed by atoms with Gasteiger partial charge in [-0.1, -0.05) is 19.1 Å². The molecule has 0 saturated heterocycles. The van der Waals surface area contributed by atoms with Crippen LogP contribution in [0.5, 0.6) is 0 Å². The van der Waals surface area contributed by atoms with Crippen LogP contribution < -0.4 is 16.6 Å². The summed E-state index contributed by atoms with van der Waals surface area (Å²) >= 11 is 0. The van der Waals surface area contributed by atoms with Gasteiger partial charge in [0.15, 0.2) is 0 Å². The molecule has 6 heteroatoms. The number of carbonyl (C=O) groups is 1. The van der Waals surface area contributed by atoms with Crippen LogP contribution in [0, 0.1) is 0 Å². The molecule has 4 N–H and O–H groups in total. The lowest BCUT2D eigenvalue weighted by molar-refractivity contribution is 0.0957. The van der Waals surface area contributed by atoms with Gasteiger partial charge in [0.1, 0.15) is 0 Å². The summed E-state index contributed by atoms with van der Waals surface area (Å²) in [6.07, 6.45) is 0. The molecule has 0 heterocycles. The Morgan fingerprint density at radius 1 is 1.41 bits per heavy atom. The Kier molecular flexibility index (Phi) is 5.65. The number of amides is 1. The summed E-state index contributed by atoms with van der Waals surface area (Å²) in [4.78, 5) is 11.8. The second kappa shape index (κ2) is 7.03. The Morgan fingerprint density at radius 3 is 2.76 bits per heavy atom. The number of nitrogens with two attached hydrogens (primary N) is 1. The smallest absolute Gasteiger partial charge is 0.253 e. The molecule has 0 bridgehead atoms. The fourth-order valence-corrected chi connectivity index (χ4v) is 1.94. The lowest BCUT2D eigenvalue weighted by Crippen LogP contribution is -2.29. The van der Waals surface area contributed by atoms with Crippen LogP contribution in [-0.4, -0.2) is 28.2 Å². The number of benzene rings is 1. The third kappa shape index (κ3) is 4.16. The van der Waals surface area contributed by atoms with Crippen molar-refractivity contribution in [2.24, 2.45) is 5.84 Å². The maximum atomic E-state index is 11.8. The molecule has 0 aliphatic heterocycles. The van der Waals surface area contributed by atoms with E-state index in [1.807, 2.05) is 6.92 Å². The third-order valence-electron chi connectivity index (χ3n) is 2.26. The van der Waals surface area contributed by atoms with Crippen molar-refractivity contribution < 1.29 is 9.00 Å². The molecule has 94 valence electrons. The van der Waals surface area contributed by atoms with Gasteiger partial charge in [-0.15, -0.1) is 0 Å². The van der Waals surface area contributed by atoms with Crippen LogP contribution in [0.3, 0.4) is 0 Å². The summed E-state index contributed by atoms with van der Waals surface area (Å²) in [6, 6.07) is 6.96. The van der Waals surface area contributed by atoms with Crippen LogP contribution in [-0.2, 0) is 10.8 Å². The molecule has 1 unspecified atom stereocenters. The van der Waals surface area contributed by atoms with Gasteiger partial charge >= 0.3 is 0 Å². The molecular weight excluding hydrogens is 238 g/mol. The number of carbonyl (C=O) groups excluding carboxylic acids is 1. The van der Waals surface area contributed by atoms with Crippen molar-refractivity contribution in [3.8, 4) is 0 Å². The minimum absolute atomic E-state index is 0.216. The Hall–Kier alpha value is -1.40. The van der Waals surface area contributed by atoms with Crippen molar-refractivity contribution in [2.75, 3.05) is 23.5 Å². The SMILES string of the molecule is CCS(=O)CCNC(=O)c1ccccc1NN. The highest BCUT2D eigenvalue weighted by Crippen LogP contribution is 2.12. The molecule has 1 aromatic carbocycles. The Labute approximate surface area is 103 Å². The van der Waals surface area contributed by atoms with E-state index in [-0.39, 0.29) is 5.91 Å². The molecule has 0 fully saturated rings. The van der Waals surface area contributed by atoms with Gasteiger partial charge in [-0.2, -0.15) is 0 Å². The van der Waals surface area contributed by atoms with Gasteiger partial charge in [0.05, 0.1) is 11.3 Å². The zero-order valence-corrected chi connectivity index (χ0v) is 10.5. The topological polar surface area (TPSA) is 84.2 Å². The van der Waals surface area contributed by atoms with Crippen molar-refractivity contribution in [1.82, 2.24) is 5.32 Å². The molecule has 17 heavy (non-hydrogen) atoms. The highest BCUT2D eigenvalue weighted by molar-refractivity contribution is 7.84. The summed E-state index contributed by atoms with van der Waals surface area (Å²) in [5.74, 6) is 6.17. The summed E-state index contributed by atoms with van der Waals surface area (Å²) in [6.45, 7) is 2.25. The Balaban J connectivity index is 2.55. The van der Waals surface area contributed by atoms with Crippen molar-refractivity contribution >= 4 is 22.4 Å². The maximum absolute atomic E-state index is 11.8. The van der Waals surface area contributed by atoms with Crippen LogP contribution in [0.4, 0.5) is 5.69 Å². The van der Waals surface area contributed by atoms with E-state index in [4.69, 9.17) is 5.84 Å². The van der Waals surface area contributed by atoms with Crippen LogP contribution in [0.15, 0.2) is 24.3 Å². The number of hydrogen-bond acceptors (Lipinski definition) is 4. The van der Waals surface area contributed by atoms with Crippen LogP contribution in [0.25, 0.3) is 0 Å². The van der Waals surface area contributed by atoms with E-state index in [9.17, 15) is 9.00 Å². The zero-order valence-electron chi connectivity index (χ0n) is 9.73. The average Bonchev–Trinajstić information content (AvgIpc) is 2.38. The molecule has 0 saturated carbocycles. The molecular formula is C11H17N3O2S. The molecule has 0 spiro atoms. The number of hydrazine groups is 1. The summed E-state index contributed by atoms with van der Waals surface area (Å²) in [5.41, 5.74) is 3.52. The first-order chi connectivity index (χ1) is 8.19. The summed E-state index contributed by atoms with van der Waals surface area (Å²) < 4.78 is 11.2. The summed E-state index contributed by atoms with van der Waals surface area (Å²) in [7, 11) is -0.862. The highest BCUT2D eigenvalue weighted by atomic mass is 32.2.